The maximum absolute atomic E-state index is 2.28. The molecule has 2 radical (unpaired) electrons. The van der Waals surface area contributed by atoms with E-state index in [1.165, 1.54) is 63.8 Å². The Balaban J connectivity index is 1.99. The maximum Gasteiger partial charge on any atom is -0.0106 e. The van der Waals surface area contributed by atoms with Gasteiger partial charge in [0.25, 0.3) is 0 Å². The molecule has 0 aliphatic heterocycles. The first-order valence-electron chi connectivity index (χ1n) is 6.77. The minimum Gasteiger partial charge on any atom is -0.0654 e. The largest absolute Gasteiger partial charge is 0.0654 e. The molecule has 1 aromatic rings. The van der Waals surface area contributed by atoms with Crippen molar-refractivity contribution in [2.24, 2.45) is 0 Å². The Labute approximate surface area is 110 Å². The highest BCUT2D eigenvalue weighted by Gasteiger charge is 1.98. The maximum atomic E-state index is 2.28. The smallest absolute Gasteiger partial charge is 0.0106 e. The normalized spacial score (nSPS) is 12.1. The molecule has 0 amide bonds. The van der Waals surface area contributed by atoms with Crippen molar-refractivity contribution in [3.63, 3.8) is 0 Å². The average Bonchev–Trinajstić information content (AvgIpc) is 2.35. The lowest BCUT2D eigenvalue weighted by Gasteiger charge is -2.04. The highest BCUT2D eigenvalue weighted by Crippen LogP contribution is 2.37. The Morgan fingerprint density at radius 1 is 0.941 bits per heavy atom. The SMILES string of the molecule is CCCCCCCC[P][P]c1ccccc1C. The number of aryl methyl sites for hydroxylation is 1. The van der Waals surface area contributed by atoms with Crippen LogP contribution in [0.3, 0.4) is 0 Å². The molecule has 0 atom stereocenters. The average molecular weight is 266 g/mol. The summed E-state index contributed by atoms with van der Waals surface area (Å²) in [7, 11) is 3.06. The summed E-state index contributed by atoms with van der Waals surface area (Å²) in [6.07, 6.45) is 9.83. The van der Waals surface area contributed by atoms with E-state index in [0.29, 0.717) is 0 Å². The Morgan fingerprint density at radius 2 is 1.65 bits per heavy atom. The van der Waals surface area contributed by atoms with Crippen molar-refractivity contribution in [2.45, 2.75) is 52.4 Å². The molecule has 0 saturated carbocycles. The standard InChI is InChI=1S/C15H24P2/c1-3-4-5-6-7-10-13-16-17-15-12-9-8-11-14(15)2/h8-9,11-12H,3-7,10,13H2,1-2H3. The zero-order valence-corrected chi connectivity index (χ0v) is 12.9. The monoisotopic (exact) mass is 266 g/mol. The first kappa shape index (κ1) is 15.1. The molecule has 0 spiro atoms. The molecule has 94 valence electrons. The fraction of sp³-hybridized carbons (Fsp3) is 0.600. The van der Waals surface area contributed by atoms with Crippen LogP contribution >= 0.6 is 16.5 Å². The Morgan fingerprint density at radius 3 is 2.41 bits per heavy atom. The molecule has 0 N–H and O–H groups in total. The Bertz CT molecular complexity index is 297. The van der Waals surface area contributed by atoms with Crippen LogP contribution in [0.1, 0.15) is 51.0 Å². The number of rotatable bonds is 9. The van der Waals surface area contributed by atoms with Crippen molar-refractivity contribution in [3.8, 4) is 0 Å². The van der Waals surface area contributed by atoms with Gasteiger partial charge in [0.15, 0.2) is 0 Å². The highest BCUT2D eigenvalue weighted by molar-refractivity contribution is 8.15. The van der Waals surface area contributed by atoms with Crippen LogP contribution in [0.15, 0.2) is 24.3 Å². The molecule has 0 nitrogen and oxygen atoms in total. The summed E-state index contributed by atoms with van der Waals surface area (Å²) < 4.78 is 0. The van der Waals surface area contributed by atoms with Gasteiger partial charge in [-0.05, 0) is 46.9 Å². The summed E-state index contributed by atoms with van der Waals surface area (Å²) in [6, 6.07) is 8.74. The summed E-state index contributed by atoms with van der Waals surface area (Å²) >= 11 is 0. The third kappa shape index (κ3) is 7.17. The summed E-state index contributed by atoms with van der Waals surface area (Å²) in [4.78, 5) is 0. The predicted molar refractivity (Wildman–Crippen MR) is 82.9 cm³/mol. The van der Waals surface area contributed by atoms with Gasteiger partial charge in [-0.15, -0.1) is 0 Å². The van der Waals surface area contributed by atoms with Crippen LogP contribution in [-0.4, -0.2) is 6.16 Å². The summed E-state index contributed by atoms with van der Waals surface area (Å²) in [5.41, 5.74) is 1.43. The van der Waals surface area contributed by atoms with Crippen LogP contribution in [0, 0.1) is 6.92 Å². The van der Waals surface area contributed by atoms with E-state index in [0.717, 1.165) is 0 Å². The third-order valence-electron chi connectivity index (χ3n) is 2.91. The zero-order chi connectivity index (χ0) is 12.3. The van der Waals surface area contributed by atoms with Crippen LogP contribution in [0.2, 0.25) is 0 Å². The molecule has 0 saturated heterocycles. The fourth-order valence-electron chi connectivity index (χ4n) is 1.76. The van der Waals surface area contributed by atoms with Gasteiger partial charge in [0.1, 0.15) is 0 Å². The molecule has 0 aliphatic rings. The van der Waals surface area contributed by atoms with Crippen molar-refractivity contribution >= 4 is 21.8 Å². The minimum atomic E-state index is 1.35. The van der Waals surface area contributed by atoms with Crippen molar-refractivity contribution in [3.05, 3.63) is 29.8 Å². The first-order chi connectivity index (χ1) is 8.34. The van der Waals surface area contributed by atoms with Crippen LogP contribution in [0.25, 0.3) is 0 Å². The van der Waals surface area contributed by atoms with Gasteiger partial charge in [-0.2, -0.15) is 0 Å². The lowest BCUT2D eigenvalue weighted by molar-refractivity contribution is 0.627. The van der Waals surface area contributed by atoms with Crippen LogP contribution in [0.5, 0.6) is 0 Å². The van der Waals surface area contributed by atoms with Gasteiger partial charge >= 0.3 is 0 Å². The van der Waals surface area contributed by atoms with Gasteiger partial charge in [-0.3, -0.25) is 0 Å². The molecule has 0 aliphatic carbocycles. The topological polar surface area (TPSA) is 0 Å². The molecule has 1 rings (SSSR count). The predicted octanol–water partition coefficient (Wildman–Crippen LogP) is 5.79. The van der Waals surface area contributed by atoms with Gasteiger partial charge in [0.2, 0.25) is 0 Å². The van der Waals surface area contributed by atoms with E-state index in [1.807, 2.05) is 0 Å². The summed E-state index contributed by atoms with van der Waals surface area (Å²) in [6.45, 7) is 4.49. The lowest BCUT2D eigenvalue weighted by atomic mass is 10.1. The fourth-order valence-corrected chi connectivity index (χ4v) is 4.62. The van der Waals surface area contributed by atoms with E-state index in [4.69, 9.17) is 0 Å². The van der Waals surface area contributed by atoms with E-state index < -0.39 is 0 Å². The third-order valence-corrected chi connectivity index (χ3v) is 5.95. The molecule has 0 aromatic heterocycles. The van der Waals surface area contributed by atoms with E-state index >= 15 is 0 Å². The Hall–Kier alpha value is 0.0800. The zero-order valence-electron chi connectivity index (χ0n) is 11.2. The van der Waals surface area contributed by atoms with Crippen molar-refractivity contribution < 1.29 is 0 Å². The summed E-state index contributed by atoms with van der Waals surface area (Å²) in [5.74, 6) is 0. The van der Waals surface area contributed by atoms with Crippen LogP contribution in [-0.2, 0) is 0 Å². The van der Waals surface area contributed by atoms with Crippen molar-refractivity contribution in [1.82, 2.24) is 0 Å². The van der Waals surface area contributed by atoms with Gasteiger partial charge in [0.05, 0.1) is 0 Å². The van der Waals surface area contributed by atoms with Crippen molar-refractivity contribution in [1.29, 1.82) is 0 Å². The first-order valence-corrected chi connectivity index (χ1v) is 9.45. The second kappa shape index (κ2) is 10.0. The molecule has 0 heterocycles. The van der Waals surface area contributed by atoms with Gasteiger partial charge < -0.3 is 0 Å². The van der Waals surface area contributed by atoms with Gasteiger partial charge in [-0.25, -0.2) is 0 Å². The molecule has 17 heavy (non-hydrogen) atoms. The Kier molecular flexibility index (Phi) is 8.94. The number of hydrogen-bond donors (Lipinski definition) is 0. The molecular formula is C15H24P2. The number of unbranched alkanes of at least 4 members (excludes halogenated alkanes) is 5. The van der Waals surface area contributed by atoms with Gasteiger partial charge in [-0.1, -0.05) is 63.3 Å². The molecule has 0 unspecified atom stereocenters. The molecule has 0 fully saturated rings. The van der Waals surface area contributed by atoms with Crippen LogP contribution < -0.4 is 5.30 Å². The molecule has 1 aromatic carbocycles. The molecule has 2 heteroatoms. The minimum absolute atomic E-state index is 1.35. The highest BCUT2D eigenvalue weighted by atomic mass is 32.0. The van der Waals surface area contributed by atoms with Gasteiger partial charge in [0, 0.05) is 0 Å². The lowest BCUT2D eigenvalue weighted by Crippen LogP contribution is -1.96. The van der Waals surface area contributed by atoms with Crippen LogP contribution in [0.4, 0.5) is 0 Å². The molecule has 0 bridgehead atoms. The second-order valence-electron chi connectivity index (χ2n) is 4.52. The summed E-state index contributed by atoms with van der Waals surface area (Å²) in [5, 5.41) is 1.50. The van der Waals surface area contributed by atoms with E-state index in [1.54, 1.807) is 8.27 Å². The van der Waals surface area contributed by atoms with E-state index in [2.05, 4.69) is 38.1 Å². The van der Waals surface area contributed by atoms with E-state index in [-0.39, 0.29) is 0 Å². The molecular weight excluding hydrogens is 242 g/mol. The number of hydrogen-bond acceptors (Lipinski definition) is 0. The number of benzene rings is 1. The quantitative estimate of drug-likeness (QED) is 0.392. The van der Waals surface area contributed by atoms with E-state index in [9.17, 15) is 0 Å². The van der Waals surface area contributed by atoms with Crippen molar-refractivity contribution in [2.75, 3.05) is 6.16 Å². The second-order valence-corrected chi connectivity index (χ2v) is 7.38.